The maximum Gasteiger partial charge on any atom is 0.268 e. The first-order valence-corrected chi connectivity index (χ1v) is 13.5. The van der Waals surface area contributed by atoms with Gasteiger partial charge in [0.25, 0.3) is 5.91 Å². The van der Waals surface area contributed by atoms with Gasteiger partial charge in [0.2, 0.25) is 23.4 Å². The zero-order valence-corrected chi connectivity index (χ0v) is 23.2. The van der Waals surface area contributed by atoms with Gasteiger partial charge in [-0.2, -0.15) is 8.78 Å². The number of hydrogen-bond donors (Lipinski definition) is 4. The minimum absolute atomic E-state index is 0.0170. The topological polar surface area (TPSA) is 129 Å². The Kier molecular flexibility index (Phi) is 9.66. The summed E-state index contributed by atoms with van der Waals surface area (Å²) in [6.45, 7) is 2.79. The third-order valence-electron chi connectivity index (χ3n) is 7.00. The molecule has 0 radical (unpaired) electrons. The highest BCUT2D eigenvalue weighted by Gasteiger charge is 2.34. The Hall–Kier alpha value is -4.49. The molecule has 4 N–H and O–H groups in total. The Morgan fingerprint density at radius 1 is 0.977 bits per heavy atom. The number of ether oxygens (including phenoxy) is 1. The molecule has 43 heavy (non-hydrogen) atoms. The summed E-state index contributed by atoms with van der Waals surface area (Å²) in [6, 6.07) is 2.91. The molecule has 2 aromatic carbocycles. The van der Waals surface area contributed by atoms with E-state index < -0.39 is 77.0 Å². The molecule has 3 unspecified atom stereocenters. The highest BCUT2D eigenvalue weighted by atomic mass is 19.2. The van der Waals surface area contributed by atoms with Crippen molar-refractivity contribution in [3.63, 3.8) is 0 Å². The van der Waals surface area contributed by atoms with Crippen molar-refractivity contribution in [2.45, 2.75) is 45.2 Å². The average Bonchev–Trinajstić information content (AvgIpc) is 3.57. The van der Waals surface area contributed by atoms with Crippen molar-refractivity contribution in [1.29, 1.82) is 0 Å². The van der Waals surface area contributed by atoms with Crippen molar-refractivity contribution in [2.24, 2.45) is 11.8 Å². The number of Topliss-reactive ketones (excluding diaryl/α,β-unsaturated/α-hetero) is 1. The first-order chi connectivity index (χ1) is 20.3. The molecule has 1 aliphatic rings. The molecule has 0 saturated carbocycles. The van der Waals surface area contributed by atoms with Crippen LogP contribution in [0.3, 0.4) is 0 Å². The number of nitrogens with one attached hydrogen (secondary N) is 4. The van der Waals surface area contributed by atoms with Crippen molar-refractivity contribution in [3.8, 4) is 5.75 Å². The molecule has 1 aromatic heterocycles. The molecule has 9 nitrogen and oxygen atoms in total. The molecule has 3 aromatic rings. The van der Waals surface area contributed by atoms with Gasteiger partial charge in [-0.25, -0.2) is 13.2 Å². The number of halogens is 5. The Balaban J connectivity index is 1.52. The third kappa shape index (κ3) is 7.30. The van der Waals surface area contributed by atoms with Crippen LogP contribution in [-0.4, -0.2) is 53.7 Å². The lowest BCUT2D eigenvalue weighted by molar-refractivity contribution is -0.131. The van der Waals surface area contributed by atoms with Crippen molar-refractivity contribution in [3.05, 3.63) is 65.1 Å². The zero-order chi connectivity index (χ0) is 31.4. The van der Waals surface area contributed by atoms with E-state index in [9.17, 15) is 41.1 Å². The van der Waals surface area contributed by atoms with E-state index in [1.54, 1.807) is 19.9 Å². The van der Waals surface area contributed by atoms with E-state index in [1.807, 2.05) is 0 Å². The van der Waals surface area contributed by atoms with Crippen molar-refractivity contribution >= 4 is 34.4 Å². The maximum atomic E-state index is 14.1. The van der Waals surface area contributed by atoms with E-state index in [1.165, 1.54) is 18.2 Å². The second-order valence-corrected chi connectivity index (χ2v) is 10.7. The molecule has 2 heterocycles. The third-order valence-corrected chi connectivity index (χ3v) is 7.00. The number of benzene rings is 2. The predicted molar refractivity (Wildman–Crippen MR) is 143 cm³/mol. The molecule has 1 saturated heterocycles. The van der Waals surface area contributed by atoms with Crippen LogP contribution in [0.1, 0.15) is 43.6 Å². The molecule has 0 aliphatic carbocycles. The number of rotatable bonds is 12. The van der Waals surface area contributed by atoms with Crippen LogP contribution >= 0.6 is 0 Å². The van der Waals surface area contributed by atoms with Gasteiger partial charge in [-0.15, -0.1) is 0 Å². The highest BCUT2D eigenvalue weighted by Crippen LogP contribution is 2.27. The summed E-state index contributed by atoms with van der Waals surface area (Å²) in [5, 5.41) is 7.82. The molecule has 0 spiro atoms. The van der Waals surface area contributed by atoms with Crippen LogP contribution in [0.4, 0.5) is 22.0 Å². The van der Waals surface area contributed by atoms with Crippen molar-refractivity contribution in [1.82, 2.24) is 20.9 Å². The standard InChI is InChI=1S/C29H29F5N4O5/c1-13(2)8-21(38-29(42)22-10-15-16(30)4-3-5-19(15)36-22)28(41)37-20(9-14-6-7-35-27(14)40)23(39)12-43-26-24(33)17(31)11-18(32)25(26)34/h3-5,10-11,13-14,20-21,36H,6-9,12H2,1-2H3,(H,35,40)(H,37,41)(H,38,42). The van der Waals surface area contributed by atoms with Crippen LogP contribution in [-0.2, 0) is 14.4 Å². The lowest BCUT2D eigenvalue weighted by Gasteiger charge is -2.25. The van der Waals surface area contributed by atoms with Gasteiger partial charge in [0.1, 0.15) is 24.2 Å². The first kappa shape index (κ1) is 31.4. The largest absolute Gasteiger partial charge is 0.479 e. The SMILES string of the molecule is CC(C)CC(NC(=O)c1cc2c(F)cccc2[nH]1)C(=O)NC(CC1CCNC1=O)C(=O)COc1c(F)c(F)cc(F)c1F. The second kappa shape index (κ2) is 13.2. The minimum atomic E-state index is -1.85. The summed E-state index contributed by atoms with van der Waals surface area (Å²) >= 11 is 0. The fourth-order valence-electron chi connectivity index (χ4n) is 4.80. The van der Waals surface area contributed by atoms with Gasteiger partial charge in [-0.1, -0.05) is 19.9 Å². The predicted octanol–water partition coefficient (Wildman–Crippen LogP) is 3.67. The highest BCUT2D eigenvalue weighted by molar-refractivity contribution is 6.01. The smallest absolute Gasteiger partial charge is 0.268 e. The Morgan fingerprint density at radius 3 is 2.28 bits per heavy atom. The van der Waals surface area contributed by atoms with Crippen LogP contribution in [0, 0.1) is 40.9 Å². The quantitative estimate of drug-likeness (QED) is 0.184. The number of fused-ring (bicyclic) bond motifs is 1. The van der Waals surface area contributed by atoms with Gasteiger partial charge >= 0.3 is 0 Å². The number of aromatic nitrogens is 1. The summed E-state index contributed by atoms with van der Waals surface area (Å²) in [6.07, 6.45) is 0.235. The lowest BCUT2D eigenvalue weighted by Crippen LogP contribution is -2.53. The summed E-state index contributed by atoms with van der Waals surface area (Å²) in [5.41, 5.74) is 0.346. The fourth-order valence-corrected chi connectivity index (χ4v) is 4.80. The van der Waals surface area contributed by atoms with Gasteiger partial charge in [0.15, 0.2) is 23.2 Å². The van der Waals surface area contributed by atoms with Crippen LogP contribution in [0.2, 0.25) is 0 Å². The molecule has 230 valence electrons. The summed E-state index contributed by atoms with van der Waals surface area (Å²) in [7, 11) is 0. The van der Waals surface area contributed by atoms with Crippen LogP contribution in [0.5, 0.6) is 5.75 Å². The molecular weight excluding hydrogens is 579 g/mol. The fraction of sp³-hybridized carbons (Fsp3) is 0.379. The number of carbonyl (C=O) groups excluding carboxylic acids is 4. The molecular formula is C29H29F5N4O5. The second-order valence-electron chi connectivity index (χ2n) is 10.7. The average molecular weight is 609 g/mol. The molecule has 3 atom stereocenters. The molecule has 1 aliphatic heterocycles. The van der Waals surface area contributed by atoms with Crippen LogP contribution < -0.4 is 20.7 Å². The van der Waals surface area contributed by atoms with E-state index >= 15 is 0 Å². The Labute approximate surface area is 242 Å². The molecule has 3 amide bonds. The summed E-state index contributed by atoms with van der Waals surface area (Å²) in [5.74, 6) is -12.9. The van der Waals surface area contributed by atoms with Crippen LogP contribution in [0.25, 0.3) is 10.9 Å². The van der Waals surface area contributed by atoms with E-state index in [2.05, 4.69) is 20.9 Å². The van der Waals surface area contributed by atoms with Gasteiger partial charge in [0, 0.05) is 29.4 Å². The van der Waals surface area contributed by atoms with Crippen molar-refractivity contribution in [2.75, 3.05) is 13.2 Å². The maximum absolute atomic E-state index is 14.1. The van der Waals surface area contributed by atoms with E-state index in [0.717, 1.165) is 0 Å². The van der Waals surface area contributed by atoms with E-state index in [4.69, 9.17) is 4.74 Å². The number of amides is 3. The number of hydrogen-bond acceptors (Lipinski definition) is 5. The molecule has 14 heteroatoms. The molecule has 0 bridgehead atoms. The number of aromatic amines is 1. The number of H-pyrrole nitrogens is 1. The van der Waals surface area contributed by atoms with Gasteiger partial charge in [-0.3, -0.25) is 19.2 Å². The molecule has 1 fully saturated rings. The molecule has 4 rings (SSSR count). The van der Waals surface area contributed by atoms with E-state index in [-0.39, 0.29) is 41.8 Å². The summed E-state index contributed by atoms with van der Waals surface area (Å²) in [4.78, 5) is 54.5. The van der Waals surface area contributed by atoms with Crippen molar-refractivity contribution < 1.29 is 45.9 Å². The Bertz CT molecular complexity index is 1530. The Morgan fingerprint density at radius 2 is 1.67 bits per heavy atom. The van der Waals surface area contributed by atoms with Gasteiger partial charge in [0.05, 0.1) is 6.04 Å². The first-order valence-electron chi connectivity index (χ1n) is 13.5. The zero-order valence-electron chi connectivity index (χ0n) is 23.2. The normalized spacial score (nSPS) is 16.2. The van der Waals surface area contributed by atoms with Gasteiger partial charge < -0.3 is 25.7 Å². The van der Waals surface area contributed by atoms with Gasteiger partial charge in [-0.05, 0) is 43.4 Å². The van der Waals surface area contributed by atoms with E-state index in [0.29, 0.717) is 18.5 Å². The number of carbonyl (C=O) groups is 4. The van der Waals surface area contributed by atoms with Crippen LogP contribution in [0.15, 0.2) is 30.3 Å². The minimum Gasteiger partial charge on any atom is -0.479 e. The summed E-state index contributed by atoms with van der Waals surface area (Å²) < 4.78 is 74.2. The lowest BCUT2D eigenvalue weighted by atomic mass is 9.95. The monoisotopic (exact) mass is 608 g/mol. The number of ketones is 1.